The van der Waals surface area contributed by atoms with Gasteiger partial charge in [0, 0.05) is 39.1 Å². The number of nitrogens with zero attached hydrogens (tertiary/aromatic N) is 1. The smallest absolute Gasteiger partial charge is 0.0630 e. The van der Waals surface area contributed by atoms with Crippen LogP contribution < -0.4 is 4.90 Å². The molecule has 1 aromatic heterocycles. The van der Waals surface area contributed by atoms with Crippen molar-refractivity contribution < 1.29 is 0 Å². The fraction of sp³-hybridized carbons (Fsp3) is 0.0500. The van der Waals surface area contributed by atoms with Crippen molar-refractivity contribution >= 4 is 49.5 Å². The first-order chi connectivity index (χ1) is 20.8. The molecule has 2 heteroatoms. The lowest BCUT2D eigenvalue weighted by molar-refractivity contribution is 0.747. The van der Waals surface area contributed by atoms with Gasteiger partial charge in [0.15, 0.2) is 0 Å². The molecule has 198 valence electrons. The third-order valence-corrected chi connectivity index (χ3v) is 9.12. The standard InChI is InChI=1S/C40H28N2/c1-2-11-30(12-3-1)42-39-16-7-6-14-33(39)36-24-28(19-22-40(36)42)27-17-20-37-34(23-27)35-25-29(18-21-38(35)41-37)32-15-8-10-26-9-4-5-13-31(26)32/h1-25,36,40-41H. The third kappa shape index (κ3) is 3.52. The zero-order chi connectivity index (χ0) is 27.6. The van der Waals surface area contributed by atoms with Gasteiger partial charge in [-0.1, -0.05) is 109 Å². The largest absolute Gasteiger partial charge is 0.355 e. The molecular weight excluding hydrogens is 508 g/mol. The van der Waals surface area contributed by atoms with Crippen LogP contribution in [0.1, 0.15) is 17.0 Å². The van der Waals surface area contributed by atoms with E-state index in [0.29, 0.717) is 5.92 Å². The highest BCUT2D eigenvalue weighted by molar-refractivity contribution is 6.10. The second-order valence-corrected chi connectivity index (χ2v) is 11.4. The minimum absolute atomic E-state index is 0.272. The maximum atomic E-state index is 3.65. The minimum atomic E-state index is 0.272. The van der Waals surface area contributed by atoms with E-state index in [4.69, 9.17) is 0 Å². The van der Waals surface area contributed by atoms with E-state index in [9.17, 15) is 0 Å². The van der Waals surface area contributed by atoms with Crippen molar-refractivity contribution in [3.63, 3.8) is 0 Å². The third-order valence-electron chi connectivity index (χ3n) is 9.12. The van der Waals surface area contributed by atoms with Crippen molar-refractivity contribution in [2.45, 2.75) is 12.0 Å². The molecule has 0 bridgehead atoms. The number of hydrogen-bond acceptors (Lipinski definition) is 1. The number of aromatic amines is 1. The van der Waals surface area contributed by atoms with Crippen LogP contribution in [0.5, 0.6) is 0 Å². The zero-order valence-corrected chi connectivity index (χ0v) is 23.0. The van der Waals surface area contributed by atoms with Gasteiger partial charge < -0.3 is 9.88 Å². The molecule has 0 amide bonds. The Bertz CT molecular complexity index is 2210. The lowest BCUT2D eigenvalue weighted by Gasteiger charge is -2.29. The lowest BCUT2D eigenvalue weighted by atomic mass is 9.86. The quantitative estimate of drug-likeness (QED) is 0.238. The normalized spacial score (nSPS) is 17.5. The Morgan fingerprint density at radius 1 is 0.571 bits per heavy atom. The van der Waals surface area contributed by atoms with Crippen molar-refractivity contribution in [2.24, 2.45) is 0 Å². The average molecular weight is 537 g/mol. The first kappa shape index (κ1) is 23.4. The Labute approximate surface area is 244 Å². The summed E-state index contributed by atoms with van der Waals surface area (Å²) in [5.74, 6) is 0.304. The number of nitrogens with one attached hydrogen (secondary N) is 1. The van der Waals surface area contributed by atoms with E-state index in [1.165, 1.54) is 71.8 Å². The van der Waals surface area contributed by atoms with Crippen molar-refractivity contribution in [3.05, 3.63) is 163 Å². The fourth-order valence-electron chi connectivity index (χ4n) is 7.15. The van der Waals surface area contributed by atoms with Gasteiger partial charge in [0.05, 0.1) is 6.04 Å². The van der Waals surface area contributed by atoms with E-state index in [1.54, 1.807) is 0 Å². The lowest BCUT2D eigenvalue weighted by Crippen LogP contribution is -2.28. The van der Waals surface area contributed by atoms with Crippen molar-refractivity contribution in [1.29, 1.82) is 0 Å². The van der Waals surface area contributed by atoms with Crippen LogP contribution in [0, 0.1) is 0 Å². The summed E-state index contributed by atoms with van der Waals surface area (Å²) in [6.07, 6.45) is 7.19. The van der Waals surface area contributed by atoms with E-state index >= 15 is 0 Å². The Kier molecular flexibility index (Phi) is 5.06. The van der Waals surface area contributed by atoms with Gasteiger partial charge in [-0.3, -0.25) is 0 Å². The van der Waals surface area contributed by atoms with Crippen LogP contribution in [0.3, 0.4) is 0 Å². The highest BCUT2D eigenvalue weighted by Crippen LogP contribution is 2.49. The van der Waals surface area contributed by atoms with Crippen molar-refractivity contribution in [1.82, 2.24) is 4.98 Å². The van der Waals surface area contributed by atoms with Crippen LogP contribution in [0.4, 0.5) is 11.4 Å². The van der Waals surface area contributed by atoms with Crippen LogP contribution in [-0.4, -0.2) is 11.0 Å². The SMILES string of the molecule is C1=CC2C(C=C1c1ccc3[nH]c4ccc(-c5cccc6ccccc56)cc4c3c1)c1ccccc1N2c1ccccc1. The monoisotopic (exact) mass is 536 g/mol. The van der Waals surface area contributed by atoms with Crippen LogP contribution >= 0.6 is 0 Å². The summed E-state index contributed by atoms with van der Waals surface area (Å²) in [7, 11) is 0. The van der Waals surface area contributed by atoms with Gasteiger partial charge in [-0.2, -0.15) is 0 Å². The molecule has 2 unspecified atom stereocenters. The minimum Gasteiger partial charge on any atom is -0.355 e. The average Bonchev–Trinajstić information content (AvgIpc) is 3.59. The molecular formula is C40H28N2. The van der Waals surface area contributed by atoms with Crippen LogP contribution in [0.2, 0.25) is 0 Å². The molecule has 7 aromatic rings. The number of para-hydroxylation sites is 2. The van der Waals surface area contributed by atoms with E-state index in [0.717, 1.165) is 0 Å². The number of rotatable bonds is 3. The Balaban J connectivity index is 1.15. The molecule has 42 heavy (non-hydrogen) atoms. The second kappa shape index (κ2) is 9.09. The number of hydrogen-bond donors (Lipinski definition) is 1. The van der Waals surface area contributed by atoms with Crippen LogP contribution in [0.15, 0.2) is 152 Å². The number of allylic oxidation sites excluding steroid dienone is 2. The molecule has 2 nitrogen and oxygen atoms in total. The summed E-state index contributed by atoms with van der Waals surface area (Å²) >= 11 is 0. The molecule has 0 radical (unpaired) electrons. The molecule has 0 saturated carbocycles. The molecule has 0 spiro atoms. The topological polar surface area (TPSA) is 19.0 Å². The Morgan fingerprint density at radius 3 is 2.17 bits per heavy atom. The van der Waals surface area contributed by atoms with Gasteiger partial charge in [-0.25, -0.2) is 0 Å². The number of aromatic nitrogens is 1. The molecule has 2 heterocycles. The first-order valence-electron chi connectivity index (χ1n) is 14.7. The molecule has 1 aliphatic heterocycles. The summed E-state index contributed by atoms with van der Waals surface area (Å²) < 4.78 is 0. The van der Waals surface area contributed by atoms with E-state index < -0.39 is 0 Å². The highest BCUT2D eigenvalue weighted by Gasteiger charge is 2.38. The summed E-state index contributed by atoms with van der Waals surface area (Å²) in [6.45, 7) is 0. The summed E-state index contributed by atoms with van der Waals surface area (Å²) in [5, 5.41) is 5.08. The van der Waals surface area contributed by atoms with Gasteiger partial charge >= 0.3 is 0 Å². The van der Waals surface area contributed by atoms with Crippen molar-refractivity contribution in [3.8, 4) is 11.1 Å². The summed E-state index contributed by atoms with van der Waals surface area (Å²) in [6, 6.07) is 48.8. The van der Waals surface area contributed by atoms with Gasteiger partial charge in [0.2, 0.25) is 0 Å². The molecule has 9 rings (SSSR count). The zero-order valence-electron chi connectivity index (χ0n) is 23.0. The molecule has 2 aliphatic rings. The Hall–Kier alpha value is -5.34. The van der Waals surface area contributed by atoms with E-state index in [-0.39, 0.29) is 6.04 Å². The number of H-pyrrole nitrogens is 1. The summed E-state index contributed by atoms with van der Waals surface area (Å²) in [4.78, 5) is 6.14. The predicted molar refractivity (Wildman–Crippen MR) is 177 cm³/mol. The molecule has 0 fully saturated rings. The van der Waals surface area contributed by atoms with E-state index in [2.05, 4.69) is 162 Å². The first-order valence-corrected chi connectivity index (χ1v) is 14.7. The van der Waals surface area contributed by atoms with Gasteiger partial charge in [-0.15, -0.1) is 0 Å². The number of benzene rings is 6. The maximum Gasteiger partial charge on any atom is 0.0630 e. The second-order valence-electron chi connectivity index (χ2n) is 11.4. The Morgan fingerprint density at radius 2 is 1.29 bits per heavy atom. The molecule has 1 N–H and O–H groups in total. The van der Waals surface area contributed by atoms with E-state index in [1.807, 2.05) is 0 Å². The molecule has 6 aromatic carbocycles. The number of fused-ring (bicyclic) bond motifs is 7. The predicted octanol–water partition coefficient (Wildman–Crippen LogP) is 10.4. The van der Waals surface area contributed by atoms with Crippen molar-refractivity contribution in [2.75, 3.05) is 4.90 Å². The molecule has 0 saturated heterocycles. The number of anilines is 2. The maximum absolute atomic E-state index is 3.65. The van der Waals surface area contributed by atoms with Gasteiger partial charge in [0.25, 0.3) is 0 Å². The highest BCUT2D eigenvalue weighted by atomic mass is 15.2. The molecule has 2 atom stereocenters. The fourth-order valence-corrected chi connectivity index (χ4v) is 7.15. The van der Waals surface area contributed by atoms with Crippen LogP contribution in [0.25, 0.3) is 49.3 Å². The van der Waals surface area contributed by atoms with Gasteiger partial charge in [0.1, 0.15) is 0 Å². The van der Waals surface area contributed by atoms with Gasteiger partial charge in [-0.05, 0) is 81.1 Å². The summed E-state index contributed by atoms with van der Waals surface area (Å²) in [5.41, 5.74) is 11.3. The molecule has 1 aliphatic carbocycles. The van der Waals surface area contributed by atoms with Crippen LogP contribution in [-0.2, 0) is 0 Å².